The van der Waals surface area contributed by atoms with Crippen LogP contribution in [-0.4, -0.2) is 12.0 Å². The second-order valence-electron chi connectivity index (χ2n) is 3.60. The zero-order chi connectivity index (χ0) is 11.5. The van der Waals surface area contributed by atoms with Gasteiger partial charge in [0, 0.05) is 18.1 Å². The standard InChI is InChI=1S/C12H13ClN2S/c1-9-5-3-4-6-11(9)15(2)12-14-10(7-13)8-16-12/h3-6,8H,7H2,1-2H3. The Balaban J connectivity index is 2.31. The number of hydrogen-bond acceptors (Lipinski definition) is 3. The van der Waals surface area contributed by atoms with Crippen molar-refractivity contribution in [1.82, 2.24) is 4.98 Å². The van der Waals surface area contributed by atoms with E-state index in [9.17, 15) is 0 Å². The maximum atomic E-state index is 5.75. The summed E-state index contributed by atoms with van der Waals surface area (Å²) in [7, 11) is 2.03. The molecule has 16 heavy (non-hydrogen) atoms. The molecule has 84 valence electrons. The van der Waals surface area contributed by atoms with Gasteiger partial charge in [-0.1, -0.05) is 18.2 Å². The third-order valence-electron chi connectivity index (χ3n) is 2.44. The van der Waals surface area contributed by atoms with Crippen LogP contribution < -0.4 is 4.90 Å². The van der Waals surface area contributed by atoms with Gasteiger partial charge in [-0.25, -0.2) is 4.98 Å². The number of aromatic nitrogens is 1. The number of aryl methyl sites for hydroxylation is 1. The van der Waals surface area contributed by atoms with E-state index in [2.05, 4.69) is 28.9 Å². The van der Waals surface area contributed by atoms with Gasteiger partial charge in [0.2, 0.25) is 0 Å². The Bertz CT molecular complexity index is 481. The predicted octanol–water partition coefficient (Wildman–Crippen LogP) is 3.96. The summed E-state index contributed by atoms with van der Waals surface area (Å²) in [5.41, 5.74) is 3.35. The highest BCUT2D eigenvalue weighted by molar-refractivity contribution is 7.13. The van der Waals surface area contributed by atoms with Gasteiger partial charge in [0.25, 0.3) is 0 Å². The number of rotatable bonds is 3. The Morgan fingerprint density at radius 2 is 2.12 bits per heavy atom. The van der Waals surface area contributed by atoms with E-state index in [4.69, 9.17) is 11.6 Å². The third-order valence-corrected chi connectivity index (χ3v) is 3.68. The normalized spacial score (nSPS) is 10.4. The van der Waals surface area contributed by atoms with Crippen LogP contribution in [0.2, 0.25) is 0 Å². The highest BCUT2D eigenvalue weighted by Gasteiger charge is 2.10. The van der Waals surface area contributed by atoms with Crippen LogP contribution in [0.4, 0.5) is 10.8 Å². The van der Waals surface area contributed by atoms with E-state index < -0.39 is 0 Å². The Morgan fingerprint density at radius 3 is 2.75 bits per heavy atom. The van der Waals surface area contributed by atoms with Crippen molar-refractivity contribution in [1.29, 1.82) is 0 Å². The maximum Gasteiger partial charge on any atom is 0.189 e. The van der Waals surface area contributed by atoms with Crippen molar-refractivity contribution >= 4 is 33.8 Å². The second-order valence-corrected chi connectivity index (χ2v) is 4.70. The van der Waals surface area contributed by atoms with Gasteiger partial charge in [0.05, 0.1) is 11.6 Å². The van der Waals surface area contributed by atoms with E-state index >= 15 is 0 Å². The van der Waals surface area contributed by atoms with Gasteiger partial charge in [-0.2, -0.15) is 0 Å². The summed E-state index contributed by atoms with van der Waals surface area (Å²) in [6.07, 6.45) is 0. The summed E-state index contributed by atoms with van der Waals surface area (Å²) in [5, 5.41) is 2.97. The minimum Gasteiger partial charge on any atom is -0.321 e. The fourth-order valence-electron chi connectivity index (χ4n) is 1.55. The van der Waals surface area contributed by atoms with Gasteiger partial charge < -0.3 is 4.90 Å². The average molecular weight is 253 g/mol. The number of anilines is 2. The molecule has 0 aliphatic heterocycles. The van der Waals surface area contributed by atoms with Gasteiger partial charge >= 0.3 is 0 Å². The topological polar surface area (TPSA) is 16.1 Å². The van der Waals surface area contributed by atoms with Gasteiger partial charge in [0.15, 0.2) is 5.13 Å². The van der Waals surface area contributed by atoms with E-state index in [1.165, 1.54) is 11.3 Å². The highest BCUT2D eigenvalue weighted by Crippen LogP contribution is 2.29. The summed E-state index contributed by atoms with van der Waals surface area (Å²) < 4.78 is 0. The van der Waals surface area contributed by atoms with Gasteiger partial charge in [-0.15, -0.1) is 22.9 Å². The van der Waals surface area contributed by atoms with Crippen LogP contribution in [0.15, 0.2) is 29.6 Å². The monoisotopic (exact) mass is 252 g/mol. The minimum atomic E-state index is 0.470. The second kappa shape index (κ2) is 4.85. The first-order valence-electron chi connectivity index (χ1n) is 5.02. The van der Waals surface area contributed by atoms with Crippen molar-refractivity contribution in [3.05, 3.63) is 40.9 Å². The molecule has 2 nitrogen and oxygen atoms in total. The van der Waals surface area contributed by atoms with Gasteiger partial charge in [-0.3, -0.25) is 0 Å². The number of halogens is 1. The minimum absolute atomic E-state index is 0.470. The largest absolute Gasteiger partial charge is 0.321 e. The van der Waals surface area contributed by atoms with Crippen LogP contribution in [0.5, 0.6) is 0 Å². The molecule has 0 unspecified atom stereocenters. The Morgan fingerprint density at radius 1 is 1.38 bits per heavy atom. The molecule has 0 aliphatic rings. The third kappa shape index (κ3) is 2.20. The van der Waals surface area contributed by atoms with E-state index in [1.54, 1.807) is 11.3 Å². The lowest BCUT2D eigenvalue weighted by molar-refractivity contribution is 1.12. The van der Waals surface area contributed by atoms with E-state index in [0.717, 1.165) is 10.8 Å². The molecule has 2 rings (SSSR count). The molecule has 0 spiro atoms. The zero-order valence-electron chi connectivity index (χ0n) is 9.27. The molecule has 4 heteroatoms. The Labute approximate surface area is 105 Å². The molecule has 2 aromatic rings. The molecular formula is C12H13ClN2S. The SMILES string of the molecule is Cc1ccccc1N(C)c1nc(CCl)cs1. The quantitative estimate of drug-likeness (QED) is 0.769. The molecule has 0 radical (unpaired) electrons. The molecule has 0 saturated heterocycles. The van der Waals surface area contributed by atoms with Crippen molar-refractivity contribution in [3.8, 4) is 0 Å². The molecule has 0 amide bonds. The van der Waals surface area contributed by atoms with Gasteiger partial charge in [0.1, 0.15) is 0 Å². The lowest BCUT2D eigenvalue weighted by Crippen LogP contribution is -2.10. The number of para-hydroxylation sites is 1. The van der Waals surface area contributed by atoms with Crippen molar-refractivity contribution in [2.24, 2.45) is 0 Å². The van der Waals surface area contributed by atoms with E-state index in [1.807, 2.05) is 24.6 Å². The van der Waals surface area contributed by atoms with Crippen LogP contribution in [-0.2, 0) is 5.88 Å². The summed E-state index contributed by atoms with van der Waals surface area (Å²) in [4.78, 5) is 6.55. The fourth-order valence-corrected chi connectivity index (χ4v) is 2.59. The van der Waals surface area contributed by atoms with Crippen LogP contribution in [0.1, 0.15) is 11.3 Å². The molecular weight excluding hydrogens is 240 g/mol. The molecule has 0 N–H and O–H groups in total. The van der Waals surface area contributed by atoms with Crippen LogP contribution >= 0.6 is 22.9 Å². The van der Waals surface area contributed by atoms with Gasteiger partial charge in [-0.05, 0) is 18.6 Å². The molecule has 0 fully saturated rings. The molecule has 1 aromatic heterocycles. The molecule has 0 aliphatic carbocycles. The maximum absolute atomic E-state index is 5.75. The van der Waals surface area contributed by atoms with Crippen molar-refractivity contribution in [2.75, 3.05) is 11.9 Å². The van der Waals surface area contributed by atoms with Crippen LogP contribution in [0, 0.1) is 6.92 Å². The lowest BCUT2D eigenvalue weighted by Gasteiger charge is -2.17. The molecule has 1 aromatic carbocycles. The van der Waals surface area contributed by atoms with E-state index in [-0.39, 0.29) is 0 Å². The summed E-state index contributed by atoms with van der Waals surface area (Å²) in [6, 6.07) is 8.27. The highest BCUT2D eigenvalue weighted by atomic mass is 35.5. The summed E-state index contributed by atoms with van der Waals surface area (Å²) in [5.74, 6) is 0.470. The first kappa shape index (κ1) is 11.4. The number of hydrogen-bond donors (Lipinski definition) is 0. The van der Waals surface area contributed by atoms with Crippen LogP contribution in [0.25, 0.3) is 0 Å². The number of benzene rings is 1. The predicted molar refractivity (Wildman–Crippen MR) is 70.9 cm³/mol. The van der Waals surface area contributed by atoms with Crippen LogP contribution in [0.3, 0.4) is 0 Å². The Kier molecular flexibility index (Phi) is 3.46. The van der Waals surface area contributed by atoms with Crippen molar-refractivity contribution in [2.45, 2.75) is 12.8 Å². The van der Waals surface area contributed by atoms with Crippen molar-refractivity contribution < 1.29 is 0 Å². The smallest absolute Gasteiger partial charge is 0.189 e. The molecule has 0 atom stereocenters. The number of thiazole rings is 1. The average Bonchev–Trinajstić information content (AvgIpc) is 2.77. The molecule has 1 heterocycles. The molecule has 0 saturated carbocycles. The summed E-state index contributed by atoms with van der Waals surface area (Å²) in [6.45, 7) is 2.10. The van der Waals surface area contributed by atoms with E-state index in [0.29, 0.717) is 5.88 Å². The Hall–Kier alpha value is -1.06. The van der Waals surface area contributed by atoms with Crippen molar-refractivity contribution in [3.63, 3.8) is 0 Å². The fraction of sp³-hybridized carbons (Fsp3) is 0.250. The first-order valence-corrected chi connectivity index (χ1v) is 6.43. The molecule has 0 bridgehead atoms. The lowest BCUT2D eigenvalue weighted by atomic mass is 10.2. The number of nitrogens with zero attached hydrogens (tertiary/aromatic N) is 2. The summed E-state index contributed by atoms with van der Waals surface area (Å²) >= 11 is 7.36. The zero-order valence-corrected chi connectivity index (χ0v) is 10.8. The first-order chi connectivity index (χ1) is 7.72. The number of alkyl halides is 1.